The van der Waals surface area contributed by atoms with Crippen LogP contribution in [-0.2, 0) is 11.3 Å². The van der Waals surface area contributed by atoms with Gasteiger partial charge in [-0.1, -0.05) is 18.2 Å². The van der Waals surface area contributed by atoms with Crippen molar-refractivity contribution in [1.82, 2.24) is 0 Å². The number of anilines is 1. The summed E-state index contributed by atoms with van der Waals surface area (Å²) in [5.74, 6) is -1.73. The Bertz CT molecular complexity index is 758. The Labute approximate surface area is 126 Å². The zero-order valence-corrected chi connectivity index (χ0v) is 11.7. The Morgan fingerprint density at radius 1 is 1.00 bits per heavy atom. The Morgan fingerprint density at radius 2 is 1.77 bits per heavy atom. The lowest BCUT2D eigenvalue weighted by atomic mass is 10.1. The first-order valence-electron chi connectivity index (χ1n) is 6.93. The molecule has 3 rings (SSSR count). The number of hydrogen-bond acceptors (Lipinski definition) is 2. The van der Waals surface area contributed by atoms with Crippen LogP contribution in [0.4, 0.5) is 14.5 Å². The summed E-state index contributed by atoms with van der Waals surface area (Å²) in [5, 5.41) is 0. The molecule has 5 heteroatoms. The Kier molecular flexibility index (Phi) is 3.71. The van der Waals surface area contributed by atoms with Crippen LogP contribution >= 0.6 is 0 Å². The quantitative estimate of drug-likeness (QED) is 0.851. The molecule has 1 heterocycles. The van der Waals surface area contributed by atoms with Crippen molar-refractivity contribution in [3.63, 3.8) is 0 Å². The van der Waals surface area contributed by atoms with Crippen LogP contribution in [0.15, 0.2) is 42.5 Å². The number of ketones is 1. The van der Waals surface area contributed by atoms with Gasteiger partial charge in [0.05, 0.1) is 12.2 Å². The largest absolute Gasteiger partial charge is 0.307 e. The maximum Gasteiger partial charge on any atom is 0.227 e. The van der Waals surface area contributed by atoms with E-state index < -0.39 is 11.6 Å². The molecule has 2 aromatic carbocycles. The molecular weight excluding hydrogens is 288 g/mol. The van der Waals surface area contributed by atoms with Crippen LogP contribution in [0.1, 0.15) is 28.8 Å². The van der Waals surface area contributed by atoms with Crippen LogP contribution in [-0.4, -0.2) is 11.7 Å². The number of carbonyl (C=O) groups is 2. The highest BCUT2D eigenvalue weighted by Gasteiger charge is 2.26. The van der Waals surface area contributed by atoms with Gasteiger partial charge in [0.25, 0.3) is 0 Å². The van der Waals surface area contributed by atoms with Crippen LogP contribution in [0.3, 0.4) is 0 Å². The van der Waals surface area contributed by atoms with Gasteiger partial charge >= 0.3 is 0 Å². The summed E-state index contributed by atoms with van der Waals surface area (Å²) in [6, 6.07) is 10.0. The average molecular weight is 301 g/mol. The second-order valence-electron chi connectivity index (χ2n) is 5.16. The Balaban J connectivity index is 2.02. The molecule has 0 bridgehead atoms. The highest BCUT2D eigenvalue weighted by atomic mass is 19.1. The van der Waals surface area contributed by atoms with Crippen molar-refractivity contribution in [2.45, 2.75) is 19.4 Å². The number of carbonyl (C=O) groups excluding carboxylic acids is 2. The van der Waals surface area contributed by atoms with Crippen molar-refractivity contribution in [1.29, 1.82) is 0 Å². The van der Waals surface area contributed by atoms with E-state index in [-0.39, 0.29) is 36.6 Å². The summed E-state index contributed by atoms with van der Waals surface area (Å²) < 4.78 is 26.8. The van der Waals surface area contributed by atoms with Crippen LogP contribution in [0.5, 0.6) is 0 Å². The smallest absolute Gasteiger partial charge is 0.227 e. The second-order valence-corrected chi connectivity index (χ2v) is 5.16. The van der Waals surface area contributed by atoms with Gasteiger partial charge in [0.15, 0.2) is 5.78 Å². The topological polar surface area (TPSA) is 37.4 Å². The lowest BCUT2D eigenvalue weighted by Crippen LogP contribution is -2.30. The maximum absolute atomic E-state index is 13.8. The molecule has 0 unspecified atom stereocenters. The summed E-state index contributed by atoms with van der Waals surface area (Å²) in [5.41, 5.74) is 1.13. The molecule has 0 aliphatic carbocycles. The Morgan fingerprint density at radius 3 is 2.55 bits per heavy atom. The van der Waals surface area contributed by atoms with E-state index in [0.717, 1.165) is 12.1 Å². The molecule has 0 aromatic heterocycles. The number of rotatable bonds is 2. The van der Waals surface area contributed by atoms with E-state index in [1.807, 2.05) is 0 Å². The number of Topliss-reactive ketones (excluding diaryl/α,β-unsaturated/α-hetero) is 1. The van der Waals surface area contributed by atoms with Gasteiger partial charge in [0, 0.05) is 30.0 Å². The van der Waals surface area contributed by atoms with Crippen molar-refractivity contribution < 1.29 is 18.4 Å². The first kappa shape index (κ1) is 14.4. The molecule has 1 amide bonds. The van der Waals surface area contributed by atoms with Gasteiger partial charge in [-0.2, -0.15) is 0 Å². The average Bonchev–Trinajstić information content (AvgIpc) is 2.62. The van der Waals surface area contributed by atoms with E-state index in [2.05, 4.69) is 0 Å². The van der Waals surface area contributed by atoms with Crippen molar-refractivity contribution >= 4 is 17.4 Å². The molecule has 2 aromatic rings. The van der Waals surface area contributed by atoms with Gasteiger partial charge in [0.1, 0.15) is 11.6 Å². The standard InChI is InChI=1S/C17H13F2NO2/c18-12-6-5-11(14(19)9-12)10-20-15-4-2-1-3-13(15)16(21)7-8-17(20)22/h1-6,9H,7-8,10H2. The monoisotopic (exact) mass is 301 g/mol. The third-order valence-corrected chi connectivity index (χ3v) is 3.71. The molecule has 0 fully saturated rings. The highest BCUT2D eigenvalue weighted by molar-refractivity contribution is 6.09. The van der Waals surface area contributed by atoms with E-state index >= 15 is 0 Å². The van der Waals surface area contributed by atoms with Gasteiger partial charge in [-0.15, -0.1) is 0 Å². The molecule has 1 aliphatic heterocycles. The summed E-state index contributed by atoms with van der Waals surface area (Å²) >= 11 is 0. The fourth-order valence-electron chi connectivity index (χ4n) is 2.56. The summed E-state index contributed by atoms with van der Waals surface area (Å²) in [4.78, 5) is 25.7. The molecule has 0 radical (unpaired) electrons. The fourth-order valence-corrected chi connectivity index (χ4v) is 2.56. The predicted octanol–water partition coefficient (Wildman–Crippen LogP) is 3.47. The number of hydrogen-bond donors (Lipinski definition) is 0. The SMILES string of the molecule is O=C1CCC(=O)N(Cc2ccc(F)cc2F)c2ccccc21. The van der Waals surface area contributed by atoms with Crippen LogP contribution in [0.25, 0.3) is 0 Å². The first-order chi connectivity index (χ1) is 10.6. The van der Waals surface area contributed by atoms with Crippen molar-refractivity contribution in [2.75, 3.05) is 4.90 Å². The molecule has 0 saturated heterocycles. The zero-order valence-electron chi connectivity index (χ0n) is 11.7. The van der Waals surface area contributed by atoms with E-state index in [9.17, 15) is 18.4 Å². The van der Waals surface area contributed by atoms with Crippen LogP contribution in [0.2, 0.25) is 0 Å². The molecule has 22 heavy (non-hydrogen) atoms. The minimum Gasteiger partial charge on any atom is -0.307 e. The third-order valence-electron chi connectivity index (χ3n) is 3.71. The number of fused-ring (bicyclic) bond motifs is 1. The predicted molar refractivity (Wildman–Crippen MR) is 77.6 cm³/mol. The second kappa shape index (κ2) is 5.67. The van der Waals surface area contributed by atoms with Crippen molar-refractivity contribution in [3.05, 3.63) is 65.2 Å². The summed E-state index contributed by atoms with van der Waals surface area (Å²) in [6.07, 6.45) is 0.217. The van der Waals surface area contributed by atoms with Crippen molar-refractivity contribution in [3.8, 4) is 0 Å². The summed E-state index contributed by atoms with van der Waals surface area (Å²) in [7, 11) is 0. The minimum absolute atomic E-state index is 0.0325. The molecule has 0 N–H and O–H groups in total. The van der Waals surface area contributed by atoms with E-state index in [0.29, 0.717) is 11.3 Å². The minimum atomic E-state index is -0.708. The molecule has 1 aliphatic rings. The van der Waals surface area contributed by atoms with Gasteiger partial charge in [-0.25, -0.2) is 8.78 Å². The van der Waals surface area contributed by atoms with Gasteiger partial charge < -0.3 is 4.90 Å². The lowest BCUT2D eigenvalue weighted by Gasteiger charge is -2.23. The number of benzene rings is 2. The van der Waals surface area contributed by atoms with Gasteiger partial charge in [-0.3, -0.25) is 9.59 Å². The Hall–Kier alpha value is -2.56. The van der Waals surface area contributed by atoms with E-state index in [1.165, 1.54) is 11.0 Å². The summed E-state index contributed by atoms with van der Waals surface area (Å²) in [6.45, 7) is -0.0325. The molecular formula is C17H13F2NO2. The third kappa shape index (κ3) is 2.62. The fraction of sp³-hybridized carbons (Fsp3) is 0.176. The molecule has 0 atom stereocenters. The maximum atomic E-state index is 13.8. The molecule has 3 nitrogen and oxygen atoms in total. The van der Waals surface area contributed by atoms with E-state index in [1.54, 1.807) is 24.3 Å². The highest BCUT2D eigenvalue weighted by Crippen LogP contribution is 2.28. The van der Waals surface area contributed by atoms with Crippen molar-refractivity contribution in [2.24, 2.45) is 0 Å². The number of para-hydroxylation sites is 1. The van der Waals surface area contributed by atoms with Gasteiger partial charge in [-0.05, 0) is 18.2 Å². The lowest BCUT2D eigenvalue weighted by molar-refractivity contribution is -0.118. The number of amides is 1. The number of nitrogens with zero attached hydrogens (tertiary/aromatic N) is 1. The normalized spacial score (nSPS) is 14.7. The van der Waals surface area contributed by atoms with Crippen LogP contribution in [0, 0.1) is 11.6 Å². The first-order valence-corrected chi connectivity index (χ1v) is 6.93. The molecule has 112 valence electrons. The van der Waals surface area contributed by atoms with E-state index in [4.69, 9.17) is 0 Å². The van der Waals surface area contributed by atoms with Crippen LogP contribution < -0.4 is 4.90 Å². The molecule has 0 saturated carbocycles. The molecule has 0 spiro atoms. The zero-order chi connectivity index (χ0) is 15.7. The number of halogens is 2. The van der Waals surface area contributed by atoms with Gasteiger partial charge in [0.2, 0.25) is 5.91 Å².